The van der Waals surface area contributed by atoms with Gasteiger partial charge >= 0.3 is 0 Å². The molecular formula is C19H23ClN6OS. The van der Waals surface area contributed by atoms with Crippen LogP contribution in [0.2, 0.25) is 0 Å². The minimum absolute atomic E-state index is 0. The Kier molecular flexibility index (Phi) is 6.12. The predicted molar refractivity (Wildman–Crippen MR) is 113 cm³/mol. The summed E-state index contributed by atoms with van der Waals surface area (Å²) in [7, 11) is 0. The number of piperidine rings is 1. The molecule has 0 unspecified atom stereocenters. The zero-order valence-electron chi connectivity index (χ0n) is 15.8. The van der Waals surface area contributed by atoms with Crippen LogP contribution < -0.4 is 10.6 Å². The Bertz CT molecular complexity index is 929. The molecule has 0 aliphatic carbocycles. The Hall–Kier alpha value is -2.29. The van der Waals surface area contributed by atoms with Crippen molar-refractivity contribution in [2.75, 3.05) is 18.4 Å². The number of rotatable bonds is 4. The van der Waals surface area contributed by atoms with Crippen molar-refractivity contribution < 1.29 is 4.79 Å². The van der Waals surface area contributed by atoms with Gasteiger partial charge in [0.25, 0.3) is 5.91 Å². The van der Waals surface area contributed by atoms with Gasteiger partial charge in [0.05, 0.1) is 0 Å². The number of amides is 1. The maximum Gasteiger partial charge on any atom is 0.254 e. The molecule has 2 aromatic heterocycles. The van der Waals surface area contributed by atoms with Gasteiger partial charge in [-0.3, -0.25) is 14.8 Å². The van der Waals surface area contributed by atoms with E-state index in [1.165, 1.54) is 22.5 Å². The van der Waals surface area contributed by atoms with Gasteiger partial charge in [-0.1, -0.05) is 28.5 Å². The molecule has 0 atom stereocenters. The predicted octanol–water partition coefficient (Wildman–Crippen LogP) is 3.16. The first-order valence-corrected chi connectivity index (χ1v) is 9.83. The third-order valence-corrected chi connectivity index (χ3v) is 5.80. The van der Waals surface area contributed by atoms with E-state index in [1.807, 2.05) is 12.3 Å². The number of halogens is 1. The number of benzene rings is 1. The first kappa shape index (κ1) is 20.4. The van der Waals surface area contributed by atoms with E-state index in [9.17, 15) is 4.79 Å². The molecule has 3 heterocycles. The lowest BCUT2D eigenvalue weighted by Gasteiger charge is -2.36. The normalized spacial score (nSPS) is 15.6. The van der Waals surface area contributed by atoms with Crippen molar-refractivity contribution in [1.82, 2.24) is 25.3 Å². The molecule has 9 heteroatoms. The SMILES string of the molecule is Cc1cc(C)cc(-c2nnc(NC(=O)C3(n4cccn4)CCNCC3)s2)c1.Cl. The number of nitrogens with zero attached hydrogens (tertiary/aromatic N) is 4. The second kappa shape index (κ2) is 8.38. The van der Waals surface area contributed by atoms with Crippen molar-refractivity contribution in [1.29, 1.82) is 0 Å². The highest BCUT2D eigenvalue weighted by molar-refractivity contribution is 7.18. The fraction of sp³-hybridized carbons (Fsp3) is 0.368. The molecule has 1 fully saturated rings. The Labute approximate surface area is 174 Å². The second-order valence-corrected chi connectivity index (χ2v) is 7.95. The first-order valence-electron chi connectivity index (χ1n) is 9.01. The fourth-order valence-corrected chi connectivity index (χ4v) is 4.35. The third kappa shape index (κ3) is 3.94. The van der Waals surface area contributed by atoms with Crippen LogP contribution in [-0.4, -0.2) is 39.0 Å². The van der Waals surface area contributed by atoms with Gasteiger partial charge in [0.1, 0.15) is 10.5 Å². The molecule has 1 aromatic carbocycles. The molecule has 7 nitrogen and oxygen atoms in total. The Morgan fingerprint density at radius 2 is 1.89 bits per heavy atom. The average molecular weight is 419 g/mol. The number of hydrogen-bond acceptors (Lipinski definition) is 6. The number of hydrogen-bond donors (Lipinski definition) is 2. The van der Waals surface area contributed by atoms with Crippen molar-refractivity contribution in [2.24, 2.45) is 0 Å². The van der Waals surface area contributed by atoms with Crippen molar-refractivity contribution >= 4 is 34.8 Å². The Balaban J connectivity index is 0.00000225. The smallest absolute Gasteiger partial charge is 0.254 e. The summed E-state index contributed by atoms with van der Waals surface area (Å²) in [6.07, 6.45) is 4.93. The van der Waals surface area contributed by atoms with Crippen LogP contribution in [-0.2, 0) is 10.3 Å². The number of aromatic nitrogens is 4. The highest BCUT2D eigenvalue weighted by atomic mass is 35.5. The van der Waals surface area contributed by atoms with Gasteiger partial charge in [-0.25, -0.2) is 0 Å². The summed E-state index contributed by atoms with van der Waals surface area (Å²) in [5.74, 6) is -0.0872. The largest absolute Gasteiger partial charge is 0.317 e. The zero-order valence-corrected chi connectivity index (χ0v) is 17.4. The van der Waals surface area contributed by atoms with Crippen LogP contribution in [0.25, 0.3) is 10.6 Å². The first-order chi connectivity index (χ1) is 13.1. The maximum atomic E-state index is 13.2. The monoisotopic (exact) mass is 418 g/mol. The summed E-state index contributed by atoms with van der Waals surface area (Å²) in [5, 5.41) is 20.4. The summed E-state index contributed by atoms with van der Waals surface area (Å²) in [6, 6.07) is 8.13. The summed E-state index contributed by atoms with van der Waals surface area (Å²) in [4.78, 5) is 13.2. The number of anilines is 1. The van der Waals surface area contributed by atoms with Crippen LogP contribution in [0.1, 0.15) is 24.0 Å². The van der Waals surface area contributed by atoms with E-state index in [4.69, 9.17) is 0 Å². The summed E-state index contributed by atoms with van der Waals surface area (Å²) in [5.41, 5.74) is 2.69. The number of aryl methyl sites for hydroxylation is 2. The lowest BCUT2D eigenvalue weighted by atomic mass is 9.87. The highest BCUT2D eigenvalue weighted by Gasteiger charge is 2.42. The van der Waals surface area contributed by atoms with Gasteiger partial charge in [-0.15, -0.1) is 22.6 Å². The van der Waals surface area contributed by atoms with E-state index in [0.717, 1.165) is 23.7 Å². The number of carbonyl (C=O) groups excluding carboxylic acids is 1. The number of nitrogens with one attached hydrogen (secondary N) is 2. The number of carbonyl (C=O) groups is 1. The van der Waals surface area contributed by atoms with Crippen molar-refractivity contribution in [3.8, 4) is 10.6 Å². The molecule has 0 saturated carbocycles. The summed E-state index contributed by atoms with van der Waals surface area (Å²) >= 11 is 1.39. The second-order valence-electron chi connectivity index (χ2n) is 6.98. The van der Waals surface area contributed by atoms with E-state index in [0.29, 0.717) is 18.0 Å². The molecule has 1 aliphatic rings. The van der Waals surface area contributed by atoms with E-state index in [-0.39, 0.29) is 18.3 Å². The van der Waals surface area contributed by atoms with Crippen molar-refractivity contribution in [2.45, 2.75) is 32.2 Å². The van der Waals surface area contributed by atoms with Crippen LogP contribution in [0.5, 0.6) is 0 Å². The molecule has 4 rings (SSSR count). The van der Waals surface area contributed by atoms with Gasteiger partial charge < -0.3 is 5.32 Å². The quantitative estimate of drug-likeness (QED) is 0.679. The van der Waals surface area contributed by atoms with Crippen LogP contribution in [0.15, 0.2) is 36.7 Å². The van der Waals surface area contributed by atoms with Crippen LogP contribution in [0.3, 0.4) is 0 Å². The molecule has 148 valence electrons. The average Bonchev–Trinajstić information content (AvgIpc) is 3.34. The van der Waals surface area contributed by atoms with Crippen molar-refractivity contribution in [3.05, 3.63) is 47.8 Å². The Morgan fingerprint density at radius 1 is 1.18 bits per heavy atom. The third-order valence-electron chi connectivity index (χ3n) is 4.91. The van der Waals surface area contributed by atoms with Gasteiger partial charge in [-0.2, -0.15) is 5.10 Å². The highest BCUT2D eigenvalue weighted by Crippen LogP contribution is 2.31. The molecular weight excluding hydrogens is 396 g/mol. The molecule has 0 bridgehead atoms. The van der Waals surface area contributed by atoms with E-state index in [2.05, 4.69) is 58.0 Å². The molecule has 3 aromatic rings. The van der Waals surface area contributed by atoms with Gasteiger partial charge in [0, 0.05) is 18.0 Å². The molecule has 28 heavy (non-hydrogen) atoms. The standard InChI is InChI=1S/C19H22N6OS.ClH/c1-13-10-14(2)12-15(11-13)16-23-24-18(27-16)22-17(26)19(4-7-20-8-5-19)25-9-3-6-21-25;/h3,6,9-12,20H,4-5,7-8H2,1-2H3,(H,22,24,26);1H. The zero-order chi connectivity index (χ0) is 18.9. The van der Waals surface area contributed by atoms with Gasteiger partial charge in [-0.05, 0) is 58.0 Å². The lowest BCUT2D eigenvalue weighted by molar-refractivity contribution is -0.126. The molecule has 1 aliphatic heterocycles. The van der Waals surface area contributed by atoms with E-state index < -0.39 is 5.54 Å². The maximum absolute atomic E-state index is 13.2. The molecule has 2 N–H and O–H groups in total. The van der Waals surface area contributed by atoms with Crippen LogP contribution >= 0.6 is 23.7 Å². The Morgan fingerprint density at radius 3 is 2.54 bits per heavy atom. The van der Waals surface area contributed by atoms with E-state index in [1.54, 1.807) is 10.9 Å². The summed E-state index contributed by atoms with van der Waals surface area (Å²) < 4.78 is 1.77. The molecule has 1 amide bonds. The molecule has 0 spiro atoms. The van der Waals surface area contributed by atoms with Crippen LogP contribution in [0, 0.1) is 13.8 Å². The minimum atomic E-state index is -0.694. The van der Waals surface area contributed by atoms with E-state index >= 15 is 0 Å². The fourth-order valence-electron chi connectivity index (χ4n) is 3.62. The topological polar surface area (TPSA) is 84.7 Å². The molecule has 0 radical (unpaired) electrons. The molecule has 1 saturated heterocycles. The van der Waals surface area contributed by atoms with Gasteiger partial charge in [0.2, 0.25) is 5.13 Å². The minimum Gasteiger partial charge on any atom is -0.317 e. The van der Waals surface area contributed by atoms with Gasteiger partial charge in [0.15, 0.2) is 0 Å². The van der Waals surface area contributed by atoms with Crippen molar-refractivity contribution in [3.63, 3.8) is 0 Å². The summed E-state index contributed by atoms with van der Waals surface area (Å²) in [6.45, 7) is 5.67. The lowest BCUT2D eigenvalue weighted by Crippen LogP contribution is -2.52. The van der Waals surface area contributed by atoms with Crippen LogP contribution in [0.4, 0.5) is 5.13 Å².